The first-order chi connectivity index (χ1) is 19.1. The number of carbonyl (C=O) groups excluding carboxylic acids is 2. The van der Waals surface area contributed by atoms with Gasteiger partial charge in [0.25, 0.3) is 0 Å². The summed E-state index contributed by atoms with van der Waals surface area (Å²) in [5, 5.41) is 7.29. The fourth-order valence-electron chi connectivity index (χ4n) is 6.09. The molecule has 3 unspecified atom stereocenters. The molecule has 3 atom stereocenters. The number of aryl methyl sites for hydroxylation is 2. The summed E-state index contributed by atoms with van der Waals surface area (Å²) >= 11 is 15.0. The lowest BCUT2D eigenvalue weighted by molar-refractivity contribution is -0.131. The molecule has 1 saturated heterocycles. The highest BCUT2D eigenvalue weighted by Gasteiger charge is 2.61. The summed E-state index contributed by atoms with van der Waals surface area (Å²) in [6.07, 6.45) is 0.106. The molecule has 2 aliphatic heterocycles. The highest BCUT2D eigenvalue weighted by atomic mass is 127. The number of anilines is 1. The van der Waals surface area contributed by atoms with Crippen LogP contribution in [-0.4, -0.2) is 16.8 Å². The molecule has 0 radical (unpaired) electrons. The van der Waals surface area contributed by atoms with E-state index in [0.29, 0.717) is 32.8 Å². The van der Waals surface area contributed by atoms with Crippen LogP contribution in [0.25, 0.3) is 0 Å². The maximum Gasteiger partial charge on any atom is 0.238 e. The number of halogens is 3. The van der Waals surface area contributed by atoms with E-state index in [9.17, 15) is 9.59 Å². The van der Waals surface area contributed by atoms with Gasteiger partial charge in [0.2, 0.25) is 11.8 Å². The van der Waals surface area contributed by atoms with Crippen molar-refractivity contribution in [3.63, 3.8) is 0 Å². The number of fused-ring (bicyclic) bond motifs is 2. The first-order valence-corrected chi connectivity index (χ1v) is 14.6. The number of hydrogen-bond donors (Lipinski definition) is 2. The van der Waals surface area contributed by atoms with Crippen molar-refractivity contribution in [2.75, 3.05) is 5.32 Å². The van der Waals surface area contributed by atoms with Crippen LogP contribution in [0.5, 0.6) is 11.5 Å². The number of carbonyl (C=O) groups is 2. The van der Waals surface area contributed by atoms with Crippen molar-refractivity contribution >= 4 is 63.3 Å². The van der Waals surface area contributed by atoms with Gasteiger partial charge in [-0.1, -0.05) is 41.4 Å². The van der Waals surface area contributed by atoms with Gasteiger partial charge < -0.3 is 15.4 Å². The molecule has 3 aromatic carbocycles. The Labute approximate surface area is 255 Å². The van der Waals surface area contributed by atoms with E-state index < -0.39 is 17.4 Å². The van der Waals surface area contributed by atoms with E-state index in [-0.39, 0.29) is 18.2 Å². The zero-order valence-electron chi connectivity index (χ0n) is 21.6. The van der Waals surface area contributed by atoms with Gasteiger partial charge in [-0.25, -0.2) is 0 Å². The van der Waals surface area contributed by atoms with Gasteiger partial charge in [-0.15, -0.1) is 0 Å². The summed E-state index contributed by atoms with van der Waals surface area (Å²) in [5.74, 6) is 0.259. The van der Waals surface area contributed by atoms with Crippen molar-refractivity contribution in [2.24, 2.45) is 0 Å². The lowest BCUT2D eigenvalue weighted by Crippen LogP contribution is -2.56. The quantitative estimate of drug-likeness (QED) is 0.217. The summed E-state index contributed by atoms with van der Waals surface area (Å²) in [7, 11) is 0. The Kier molecular flexibility index (Phi) is 7.01. The fraction of sp³-hybridized carbons (Fsp3) is 0.194. The molecular weight excluding hydrogens is 660 g/mol. The number of pyridine rings is 1. The van der Waals surface area contributed by atoms with Crippen molar-refractivity contribution in [3.8, 4) is 11.5 Å². The SMILES string of the molecule is Cc1cc(Oc2ccc(I)cc2C2NC(=O)CC(c3cccc(Cl)c3)C23C(=O)Nc2cc(Cl)ccc23)cc(C)n1. The second kappa shape index (κ2) is 10.4. The van der Waals surface area contributed by atoms with Gasteiger partial charge in [0.05, 0.1) is 6.04 Å². The molecule has 0 saturated carbocycles. The van der Waals surface area contributed by atoms with Crippen LogP contribution in [0.2, 0.25) is 10.0 Å². The van der Waals surface area contributed by atoms with Crippen LogP contribution in [0.1, 0.15) is 46.5 Å². The Morgan fingerprint density at radius 2 is 1.70 bits per heavy atom. The van der Waals surface area contributed by atoms with E-state index in [0.717, 1.165) is 26.1 Å². The third-order valence-electron chi connectivity index (χ3n) is 7.57. The molecule has 2 amide bonds. The van der Waals surface area contributed by atoms with Crippen LogP contribution < -0.4 is 15.4 Å². The minimum absolute atomic E-state index is 0.106. The summed E-state index contributed by atoms with van der Waals surface area (Å²) < 4.78 is 7.39. The Morgan fingerprint density at radius 3 is 2.45 bits per heavy atom. The molecule has 202 valence electrons. The molecular formula is C31H24Cl2IN3O3. The maximum atomic E-state index is 14.3. The fourth-order valence-corrected chi connectivity index (χ4v) is 6.98. The molecule has 0 bridgehead atoms. The molecule has 6 rings (SSSR count). The van der Waals surface area contributed by atoms with Crippen molar-refractivity contribution in [1.29, 1.82) is 0 Å². The van der Waals surface area contributed by atoms with Crippen molar-refractivity contribution in [2.45, 2.75) is 37.6 Å². The third-order valence-corrected chi connectivity index (χ3v) is 8.71. The van der Waals surface area contributed by atoms with Crippen LogP contribution >= 0.6 is 45.8 Å². The molecule has 3 heterocycles. The smallest absolute Gasteiger partial charge is 0.238 e. The van der Waals surface area contributed by atoms with E-state index in [1.807, 2.05) is 68.4 Å². The zero-order chi connectivity index (χ0) is 28.2. The molecule has 2 N–H and O–H groups in total. The number of amides is 2. The van der Waals surface area contributed by atoms with Crippen molar-refractivity contribution < 1.29 is 14.3 Å². The Morgan fingerprint density at radius 1 is 0.950 bits per heavy atom. The minimum atomic E-state index is -1.20. The van der Waals surface area contributed by atoms with Gasteiger partial charge in [0.1, 0.15) is 16.9 Å². The summed E-state index contributed by atoms with van der Waals surface area (Å²) in [5.41, 5.74) is 3.33. The Hall–Kier alpha value is -3.14. The second-order valence-electron chi connectivity index (χ2n) is 10.2. The summed E-state index contributed by atoms with van der Waals surface area (Å²) in [6, 6.07) is 21.5. The van der Waals surface area contributed by atoms with Gasteiger partial charge in [0, 0.05) is 60.7 Å². The van der Waals surface area contributed by atoms with Gasteiger partial charge >= 0.3 is 0 Å². The Bertz CT molecular complexity index is 1670. The predicted molar refractivity (Wildman–Crippen MR) is 164 cm³/mol. The monoisotopic (exact) mass is 683 g/mol. The highest BCUT2D eigenvalue weighted by Crippen LogP contribution is 2.58. The minimum Gasteiger partial charge on any atom is -0.457 e. The van der Waals surface area contributed by atoms with Gasteiger partial charge in [0.15, 0.2) is 0 Å². The van der Waals surface area contributed by atoms with E-state index in [2.05, 4.69) is 38.2 Å². The molecule has 40 heavy (non-hydrogen) atoms. The topological polar surface area (TPSA) is 80.3 Å². The first-order valence-electron chi connectivity index (χ1n) is 12.7. The molecule has 1 fully saturated rings. The third kappa shape index (κ3) is 4.63. The van der Waals surface area contributed by atoms with Gasteiger partial charge in [-0.3, -0.25) is 14.6 Å². The maximum absolute atomic E-state index is 14.3. The average Bonchev–Trinajstić information content (AvgIpc) is 3.16. The van der Waals surface area contributed by atoms with Crippen LogP contribution in [0.15, 0.2) is 72.8 Å². The zero-order valence-corrected chi connectivity index (χ0v) is 25.3. The average molecular weight is 684 g/mol. The number of piperidine rings is 1. The molecule has 2 aliphatic rings. The normalized spacial score (nSPS) is 21.6. The van der Waals surface area contributed by atoms with E-state index in [4.69, 9.17) is 27.9 Å². The largest absolute Gasteiger partial charge is 0.457 e. The van der Waals surface area contributed by atoms with Crippen LogP contribution in [0, 0.1) is 17.4 Å². The first kappa shape index (κ1) is 27.1. The number of ether oxygens (including phenoxy) is 1. The molecule has 1 aromatic heterocycles. The van der Waals surface area contributed by atoms with Crippen LogP contribution in [0.3, 0.4) is 0 Å². The summed E-state index contributed by atoms with van der Waals surface area (Å²) in [4.78, 5) is 32.2. The lowest BCUT2D eigenvalue weighted by Gasteiger charge is -2.46. The number of aromatic nitrogens is 1. The molecule has 4 aromatic rings. The second-order valence-corrected chi connectivity index (χ2v) is 12.3. The molecule has 6 nitrogen and oxygen atoms in total. The molecule has 1 spiro atoms. The predicted octanol–water partition coefficient (Wildman–Crippen LogP) is 7.64. The van der Waals surface area contributed by atoms with Gasteiger partial charge in [-0.05, 0) is 90.0 Å². The van der Waals surface area contributed by atoms with E-state index in [1.54, 1.807) is 18.2 Å². The number of hydrogen-bond acceptors (Lipinski definition) is 4. The number of nitrogens with one attached hydrogen (secondary N) is 2. The van der Waals surface area contributed by atoms with E-state index in [1.165, 1.54) is 0 Å². The number of rotatable bonds is 4. The Balaban J connectivity index is 1.60. The van der Waals surface area contributed by atoms with Crippen LogP contribution in [-0.2, 0) is 15.0 Å². The molecule has 0 aliphatic carbocycles. The number of benzene rings is 3. The number of nitrogens with zero attached hydrogens (tertiary/aromatic N) is 1. The van der Waals surface area contributed by atoms with Gasteiger partial charge in [-0.2, -0.15) is 0 Å². The standard InChI is InChI=1S/C31H24Cl2IN3O3/c1-16-10-22(11-17(2)35-16)40-27-9-7-21(34)14-23(27)29-31(24-8-6-20(33)13-26(24)36-30(31)39)25(15-28(38)37-29)18-4-3-5-19(32)12-18/h3-14,25,29H,15H2,1-2H3,(H,36,39)(H,37,38). The molecule has 9 heteroatoms. The summed E-state index contributed by atoms with van der Waals surface area (Å²) in [6.45, 7) is 3.82. The highest BCUT2D eigenvalue weighted by molar-refractivity contribution is 14.1. The van der Waals surface area contributed by atoms with Crippen molar-refractivity contribution in [3.05, 3.63) is 114 Å². The lowest BCUT2D eigenvalue weighted by atomic mass is 9.59. The van der Waals surface area contributed by atoms with E-state index >= 15 is 0 Å². The van der Waals surface area contributed by atoms with Crippen LogP contribution in [0.4, 0.5) is 5.69 Å². The van der Waals surface area contributed by atoms with Crippen molar-refractivity contribution in [1.82, 2.24) is 10.3 Å².